The lowest BCUT2D eigenvalue weighted by molar-refractivity contribution is -0.130. The highest BCUT2D eigenvalue weighted by Crippen LogP contribution is 2.18. The Labute approximate surface area is 107 Å². The molecule has 3 nitrogen and oxygen atoms in total. The van der Waals surface area contributed by atoms with E-state index in [1.54, 1.807) is 0 Å². The monoisotopic (exact) mass is 252 g/mol. The van der Waals surface area contributed by atoms with Crippen molar-refractivity contribution in [2.75, 3.05) is 13.1 Å². The van der Waals surface area contributed by atoms with E-state index < -0.39 is 0 Å². The zero-order valence-corrected chi connectivity index (χ0v) is 11.1. The van der Waals surface area contributed by atoms with Gasteiger partial charge in [-0.25, -0.2) is 0 Å². The fourth-order valence-corrected chi connectivity index (χ4v) is 3.14. The van der Waals surface area contributed by atoms with Crippen LogP contribution in [0.3, 0.4) is 0 Å². The van der Waals surface area contributed by atoms with Crippen LogP contribution < -0.4 is 5.73 Å². The molecule has 0 radical (unpaired) electrons. The average Bonchev–Trinajstić information content (AvgIpc) is 2.88. The maximum atomic E-state index is 11.9. The van der Waals surface area contributed by atoms with Gasteiger partial charge in [0.05, 0.1) is 0 Å². The molecule has 2 heterocycles. The Morgan fingerprint density at radius 3 is 3.00 bits per heavy atom. The van der Waals surface area contributed by atoms with E-state index in [2.05, 4.69) is 19.1 Å². The van der Waals surface area contributed by atoms with Gasteiger partial charge in [-0.05, 0) is 38.3 Å². The number of hydrogen-bond acceptors (Lipinski definition) is 3. The highest BCUT2D eigenvalue weighted by Gasteiger charge is 2.22. The highest BCUT2D eigenvalue weighted by molar-refractivity contribution is 7.11. The second-order valence-electron chi connectivity index (χ2n) is 4.75. The van der Waals surface area contributed by atoms with Crippen molar-refractivity contribution in [3.05, 3.63) is 21.9 Å². The Bertz CT molecular complexity index is 389. The Hall–Kier alpha value is -0.870. The summed E-state index contributed by atoms with van der Waals surface area (Å²) in [6.45, 7) is 3.71. The van der Waals surface area contributed by atoms with Crippen LogP contribution >= 0.6 is 11.3 Å². The molecule has 0 bridgehead atoms. The van der Waals surface area contributed by atoms with E-state index in [4.69, 9.17) is 5.73 Å². The molecular formula is C13H20N2OS. The van der Waals surface area contributed by atoms with E-state index in [1.165, 1.54) is 9.75 Å². The molecular weight excluding hydrogens is 232 g/mol. The number of thiophene rings is 1. The molecule has 1 fully saturated rings. The zero-order chi connectivity index (χ0) is 12.3. The van der Waals surface area contributed by atoms with E-state index in [-0.39, 0.29) is 11.9 Å². The normalized spacial score (nSPS) is 19.9. The minimum atomic E-state index is 0.193. The summed E-state index contributed by atoms with van der Waals surface area (Å²) < 4.78 is 0. The molecule has 0 aromatic carbocycles. The fourth-order valence-electron chi connectivity index (χ4n) is 2.21. The maximum Gasteiger partial charge on any atom is 0.222 e. The summed E-state index contributed by atoms with van der Waals surface area (Å²) in [5.74, 6) is 0.270. The van der Waals surface area contributed by atoms with E-state index in [1.807, 2.05) is 16.2 Å². The molecule has 0 unspecified atom stereocenters. The van der Waals surface area contributed by atoms with Crippen molar-refractivity contribution < 1.29 is 4.79 Å². The Balaban J connectivity index is 1.70. The average molecular weight is 252 g/mol. The quantitative estimate of drug-likeness (QED) is 0.890. The Morgan fingerprint density at radius 1 is 1.59 bits per heavy atom. The largest absolute Gasteiger partial charge is 0.341 e. The molecule has 1 aromatic rings. The van der Waals surface area contributed by atoms with Crippen LogP contribution in [0.15, 0.2) is 12.1 Å². The summed E-state index contributed by atoms with van der Waals surface area (Å²) >= 11 is 1.83. The number of nitrogens with two attached hydrogens (primary N) is 1. The second-order valence-corrected chi connectivity index (χ2v) is 6.13. The predicted octanol–water partition coefficient (Wildman–Crippen LogP) is 1.94. The van der Waals surface area contributed by atoms with Gasteiger partial charge in [0.15, 0.2) is 0 Å². The van der Waals surface area contributed by atoms with Gasteiger partial charge in [-0.3, -0.25) is 4.79 Å². The van der Waals surface area contributed by atoms with Gasteiger partial charge in [0.1, 0.15) is 0 Å². The van der Waals surface area contributed by atoms with Gasteiger partial charge < -0.3 is 10.6 Å². The van der Waals surface area contributed by atoms with E-state index in [0.29, 0.717) is 6.42 Å². The lowest BCUT2D eigenvalue weighted by Crippen LogP contribution is -2.31. The van der Waals surface area contributed by atoms with Gasteiger partial charge in [0.25, 0.3) is 0 Å². The van der Waals surface area contributed by atoms with Gasteiger partial charge in [-0.15, -0.1) is 11.3 Å². The van der Waals surface area contributed by atoms with Crippen molar-refractivity contribution in [2.45, 2.75) is 38.6 Å². The second kappa shape index (κ2) is 5.65. The van der Waals surface area contributed by atoms with Crippen LogP contribution in [0.4, 0.5) is 0 Å². The first-order chi connectivity index (χ1) is 8.15. The number of carbonyl (C=O) groups excluding carboxylic acids is 1. The lowest BCUT2D eigenvalue weighted by atomic mass is 10.2. The summed E-state index contributed by atoms with van der Waals surface area (Å²) in [6, 6.07) is 4.50. The SMILES string of the molecule is Cc1ccc(CCCC(=O)N2CC[C@@H](N)C2)s1. The molecule has 94 valence electrons. The molecule has 1 aliphatic heterocycles. The van der Waals surface area contributed by atoms with Crippen molar-refractivity contribution in [3.8, 4) is 0 Å². The topological polar surface area (TPSA) is 46.3 Å². The molecule has 1 aromatic heterocycles. The Morgan fingerprint density at radius 2 is 2.41 bits per heavy atom. The first-order valence-electron chi connectivity index (χ1n) is 6.24. The predicted molar refractivity (Wildman–Crippen MR) is 71.2 cm³/mol. The number of hydrogen-bond donors (Lipinski definition) is 1. The van der Waals surface area contributed by atoms with Gasteiger partial charge in [-0.1, -0.05) is 0 Å². The summed E-state index contributed by atoms with van der Waals surface area (Å²) in [5, 5.41) is 0. The lowest BCUT2D eigenvalue weighted by Gasteiger charge is -2.15. The molecule has 2 rings (SSSR count). The first kappa shape index (κ1) is 12.6. The molecule has 0 spiro atoms. The van der Waals surface area contributed by atoms with E-state index in [0.717, 1.165) is 32.4 Å². The summed E-state index contributed by atoms with van der Waals surface area (Å²) in [4.78, 5) is 16.5. The van der Waals surface area contributed by atoms with E-state index >= 15 is 0 Å². The maximum absolute atomic E-state index is 11.9. The highest BCUT2D eigenvalue weighted by atomic mass is 32.1. The van der Waals surface area contributed by atoms with Crippen LogP contribution in [0.5, 0.6) is 0 Å². The zero-order valence-electron chi connectivity index (χ0n) is 10.3. The number of aryl methyl sites for hydroxylation is 2. The fraction of sp³-hybridized carbons (Fsp3) is 0.615. The molecule has 1 atom stereocenters. The third-order valence-electron chi connectivity index (χ3n) is 3.19. The van der Waals surface area contributed by atoms with Gasteiger partial charge >= 0.3 is 0 Å². The smallest absolute Gasteiger partial charge is 0.222 e. The number of amides is 1. The summed E-state index contributed by atoms with van der Waals surface area (Å²) in [7, 11) is 0. The molecule has 1 saturated heterocycles. The van der Waals surface area contributed by atoms with Crippen LogP contribution in [-0.2, 0) is 11.2 Å². The third kappa shape index (κ3) is 3.54. The van der Waals surface area contributed by atoms with Crippen LogP contribution in [0.1, 0.15) is 29.0 Å². The van der Waals surface area contributed by atoms with Crippen LogP contribution in [-0.4, -0.2) is 29.9 Å². The van der Waals surface area contributed by atoms with Gasteiger partial charge in [-0.2, -0.15) is 0 Å². The standard InChI is InChI=1S/C13H20N2OS/c1-10-5-6-12(17-10)3-2-4-13(16)15-8-7-11(14)9-15/h5-6,11H,2-4,7-9,14H2,1H3/t11-/m1/s1. The van der Waals surface area contributed by atoms with Crippen LogP contribution in [0.2, 0.25) is 0 Å². The molecule has 17 heavy (non-hydrogen) atoms. The van der Waals surface area contributed by atoms with E-state index in [9.17, 15) is 4.79 Å². The molecule has 0 saturated carbocycles. The summed E-state index contributed by atoms with van der Waals surface area (Å²) in [5.41, 5.74) is 5.79. The van der Waals surface area contributed by atoms with Crippen molar-refractivity contribution in [1.82, 2.24) is 4.90 Å². The minimum absolute atomic E-state index is 0.193. The number of carbonyl (C=O) groups is 1. The molecule has 1 aliphatic rings. The molecule has 0 aliphatic carbocycles. The van der Waals surface area contributed by atoms with Gasteiger partial charge in [0, 0.05) is 35.3 Å². The van der Waals surface area contributed by atoms with Gasteiger partial charge in [0.2, 0.25) is 5.91 Å². The molecule has 1 amide bonds. The summed E-state index contributed by atoms with van der Waals surface area (Å²) in [6.07, 6.45) is 3.58. The third-order valence-corrected chi connectivity index (χ3v) is 4.25. The number of rotatable bonds is 4. The number of nitrogens with zero attached hydrogens (tertiary/aromatic N) is 1. The molecule has 4 heteroatoms. The Kier molecular flexibility index (Phi) is 4.18. The van der Waals surface area contributed by atoms with Crippen molar-refractivity contribution in [3.63, 3.8) is 0 Å². The van der Waals surface area contributed by atoms with Crippen LogP contribution in [0, 0.1) is 6.92 Å². The number of likely N-dealkylation sites (tertiary alicyclic amines) is 1. The van der Waals surface area contributed by atoms with Crippen molar-refractivity contribution >= 4 is 17.2 Å². The first-order valence-corrected chi connectivity index (χ1v) is 7.05. The minimum Gasteiger partial charge on any atom is -0.341 e. The van der Waals surface area contributed by atoms with Crippen LogP contribution in [0.25, 0.3) is 0 Å². The molecule has 2 N–H and O–H groups in total. The van der Waals surface area contributed by atoms with Crippen molar-refractivity contribution in [2.24, 2.45) is 5.73 Å². The van der Waals surface area contributed by atoms with Crippen molar-refractivity contribution in [1.29, 1.82) is 0 Å².